The Bertz CT molecular complexity index is 416. The van der Waals surface area contributed by atoms with E-state index in [4.69, 9.17) is 5.73 Å². The molecule has 1 aromatic carbocycles. The first-order valence-electron chi connectivity index (χ1n) is 6.68. The van der Waals surface area contributed by atoms with E-state index in [1.165, 1.54) is 0 Å². The van der Waals surface area contributed by atoms with Gasteiger partial charge in [-0.3, -0.25) is 4.79 Å². The van der Waals surface area contributed by atoms with Crippen molar-refractivity contribution in [1.29, 1.82) is 0 Å². The van der Waals surface area contributed by atoms with Crippen LogP contribution in [0.3, 0.4) is 0 Å². The number of nitrogens with two attached hydrogens (primary N) is 1. The van der Waals surface area contributed by atoms with E-state index in [9.17, 15) is 9.90 Å². The number of rotatable bonds is 7. The molecule has 0 heterocycles. The molecule has 0 aliphatic rings. The zero-order valence-electron chi connectivity index (χ0n) is 11.8. The minimum Gasteiger partial charge on any atom is -0.508 e. The standard InChI is InChI=1S/C15H24N2O2/c1-15(2,9-10-16)8-7-14(19)17-11-12-5-3-4-6-13(12)18/h3-6,18H,7-11,16H2,1-2H3,(H,17,19). The molecule has 1 amide bonds. The van der Waals surface area contributed by atoms with Crippen molar-refractivity contribution in [3.8, 4) is 5.75 Å². The number of benzene rings is 1. The number of nitrogens with one attached hydrogen (secondary N) is 1. The maximum atomic E-state index is 11.8. The molecule has 1 rings (SSSR count). The summed E-state index contributed by atoms with van der Waals surface area (Å²) in [5.74, 6) is 0.222. The fourth-order valence-corrected chi connectivity index (χ4v) is 1.91. The second-order valence-corrected chi connectivity index (χ2v) is 5.61. The Morgan fingerprint density at radius 1 is 1.32 bits per heavy atom. The van der Waals surface area contributed by atoms with Crippen molar-refractivity contribution in [1.82, 2.24) is 5.32 Å². The minimum atomic E-state index is 0.00773. The van der Waals surface area contributed by atoms with Crippen LogP contribution in [0.1, 0.15) is 38.7 Å². The Kier molecular flexibility index (Phi) is 5.83. The van der Waals surface area contributed by atoms with Gasteiger partial charge in [0.15, 0.2) is 0 Å². The van der Waals surface area contributed by atoms with Gasteiger partial charge in [0.25, 0.3) is 0 Å². The van der Waals surface area contributed by atoms with Gasteiger partial charge in [0.2, 0.25) is 5.91 Å². The van der Waals surface area contributed by atoms with Gasteiger partial charge in [0.05, 0.1) is 0 Å². The molecule has 4 N–H and O–H groups in total. The molecule has 4 heteroatoms. The number of aromatic hydroxyl groups is 1. The summed E-state index contributed by atoms with van der Waals surface area (Å²) in [5.41, 5.74) is 6.38. The molecule has 0 spiro atoms. The molecule has 0 atom stereocenters. The summed E-state index contributed by atoms with van der Waals surface area (Å²) >= 11 is 0. The van der Waals surface area contributed by atoms with Crippen LogP contribution in [0.15, 0.2) is 24.3 Å². The molecule has 0 bridgehead atoms. The lowest BCUT2D eigenvalue weighted by atomic mass is 9.84. The number of phenolic OH excluding ortho intramolecular Hbond substituents is 1. The van der Waals surface area contributed by atoms with Crippen molar-refractivity contribution >= 4 is 5.91 Å². The van der Waals surface area contributed by atoms with Gasteiger partial charge in [0, 0.05) is 18.5 Å². The SMILES string of the molecule is CC(C)(CCN)CCC(=O)NCc1ccccc1O. The molecular weight excluding hydrogens is 240 g/mol. The summed E-state index contributed by atoms with van der Waals surface area (Å²) in [4.78, 5) is 11.8. The maximum Gasteiger partial charge on any atom is 0.220 e. The maximum absolute atomic E-state index is 11.8. The van der Waals surface area contributed by atoms with Crippen molar-refractivity contribution in [2.75, 3.05) is 6.54 Å². The second kappa shape index (κ2) is 7.14. The van der Waals surface area contributed by atoms with E-state index < -0.39 is 0 Å². The normalized spacial score (nSPS) is 11.3. The van der Waals surface area contributed by atoms with Crippen molar-refractivity contribution < 1.29 is 9.90 Å². The quantitative estimate of drug-likeness (QED) is 0.706. The first kappa shape index (κ1) is 15.5. The number of amides is 1. The molecule has 0 fully saturated rings. The van der Waals surface area contributed by atoms with Crippen LogP contribution in [0.2, 0.25) is 0 Å². The average Bonchev–Trinajstić information content (AvgIpc) is 2.35. The fourth-order valence-electron chi connectivity index (χ4n) is 1.91. The lowest BCUT2D eigenvalue weighted by Gasteiger charge is -2.23. The molecule has 0 aromatic heterocycles. The Hall–Kier alpha value is -1.55. The van der Waals surface area contributed by atoms with Crippen LogP contribution >= 0.6 is 0 Å². The highest BCUT2D eigenvalue weighted by Gasteiger charge is 2.18. The van der Waals surface area contributed by atoms with Gasteiger partial charge in [-0.1, -0.05) is 32.0 Å². The number of carbonyl (C=O) groups excluding carboxylic acids is 1. The van der Waals surface area contributed by atoms with Gasteiger partial charge in [-0.25, -0.2) is 0 Å². The topological polar surface area (TPSA) is 75.4 Å². The summed E-state index contributed by atoms with van der Waals surface area (Å²) in [6, 6.07) is 7.02. The Labute approximate surface area is 115 Å². The molecular formula is C15H24N2O2. The minimum absolute atomic E-state index is 0.00773. The summed E-state index contributed by atoms with van der Waals surface area (Å²) in [6.07, 6.45) is 2.22. The number of phenols is 1. The van der Waals surface area contributed by atoms with Crippen LogP contribution < -0.4 is 11.1 Å². The zero-order chi connectivity index (χ0) is 14.3. The van der Waals surface area contributed by atoms with E-state index in [1.54, 1.807) is 18.2 Å². The van der Waals surface area contributed by atoms with E-state index in [1.807, 2.05) is 6.07 Å². The molecule has 106 valence electrons. The highest BCUT2D eigenvalue weighted by atomic mass is 16.3. The highest BCUT2D eigenvalue weighted by molar-refractivity contribution is 5.75. The summed E-state index contributed by atoms with van der Waals surface area (Å²) in [7, 11) is 0. The number of carbonyl (C=O) groups is 1. The monoisotopic (exact) mass is 264 g/mol. The smallest absolute Gasteiger partial charge is 0.220 e. The molecule has 0 aliphatic heterocycles. The van der Waals surface area contributed by atoms with Crippen LogP contribution in [-0.4, -0.2) is 17.6 Å². The van der Waals surface area contributed by atoms with Crippen molar-refractivity contribution in [2.24, 2.45) is 11.1 Å². The Morgan fingerprint density at radius 3 is 2.63 bits per heavy atom. The van der Waals surface area contributed by atoms with Gasteiger partial charge in [-0.15, -0.1) is 0 Å². The number of para-hydroxylation sites is 1. The van der Waals surface area contributed by atoms with Gasteiger partial charge < -0.3 is 16.2 Å². The largest absolute Gasteiger partial charge is 0.508 e. The van der Waals surface area contributed by atoms with Crippen LogP contribution in [0.25, 0.3) is 0 Å². The molecule has 0 unspecified atom stereocenters. The first-order valence-corrected chi connectivity index (χ1v) is 6.68. The molecule has 1 aromatic rings. The van der Waals surface area contributed by atoms with Crippen molar-refractivity contribution in [2.45, 2.75) is 39.7 Å². The van der Waals surface area contributed by atoms with Gasteiger partial charge in [0.1, 0.15) is 5.75 Å². The predicted octanol–water partition coefficient (Wildman–Crippen LogP) is 2.16. The third-order valence-electron chi connectivity index (χ3n) is 3.32. The Balaban J connectivity index is 2.35. The summed E-state index contributed by atoms with van der Waals surface area (Å²) < 4.78 is 0. The highest BCUT2D eigenvalue weighted by Crippen LogP contribution is 2.25. The van der Waals surface area contributed by atoms with E-state index in [0.717, 1.165) is 18.4 Å². The zero-order valence-corrected chi connectivity index (χ0v) is 11.8. The summed E-state index contributed by atoms with van der Waals surface area (Å²) in [6.45, 7) is 5.25. The van der Waals surface area contributed by atoms with Gasteiger partial charge in [-0.05, 0) is 30.9 Å². The van der Waals surface area contributed by atoms with Crippen LogP contribution in [0, 0.1) is 5.41 Å². The molecule has 0 radical (unpaired) electrons. The molecule has 0 saturated heterocycles. The van der Waals surface area contributed by atoms with Crippen LogP contribution in [-0.2, 0) is 11.3 Å². The third kappa shape index (κ3) is 5.75. The van der Waals surface area contributed by atoms with Crippen molar-refractivity contribution in [3.05, 3.63) is 29.8 Å². The summed E-state index contributed by atoms with van der Waals surface area (Å²) in [5, 5.41) is 12.4. The van der Waals surface area contributed by atoms with E-state index in [-0.39, 0.29) is 17.1 Å². The number of hydrogen-bond donors (Lipinski definition) is 3. The molecule has 0 aliphatic carbocycles. The van der Waals surface area contributed by atoms with E-state index in [0.29, 0.717) is 19.5 Å². The average molecular weight is 264 g/mol. The fraction of sp³-hybridized carbons (Fsp3) is 0.533. The van der Waals surface area contributed by atoms with Crippen molar-refractivity contribution in [3.63, 3.8) is 0 Å². The third-order valence-corrected chi connectivity index (χ3v) is 3.32. The van der Waals surface area contributed by atoms with Crippen LogP contribution in [0.4, 0.5) is 0 Å². The Morgan fingerprint density at radius 2 is 2.00 bits per heavy atom. The van der Waals surface area contributed by atoms with Crippen LogP contribution in [0.5, 0.6) is 5.75 Å². The number of hydrogen-bond acceptors (Lipinski definition) is 3. The lowest BCUT2D eigenvalue weighted by Crippen LogP contribution is -2.25. The lowest BCUT2D eigenvalue weighted by molar-refractivity contribution is -0.121. The van der Waals surface area contributed by atoms with Gasteiger partial charge in [-0.2, -0.15) is 0 Å². The predicted molar refractivity (Wildman–Crippen MR) is 76.6 cm³/mol. The van der Waals surface area contributed by atoms with Gasteiger partial charge >= 0.3 is 0 Å². The first-order chi connectivity index (χ1) is 8.94. The molecule has 19 heavy (non-hydrogen) atoms. The molecule has 4 nitrogen and oxygen atoms in total. The molecule has 0 saturated carbocycles. The van der Waals surface area contributed by atoms with E-state index >= 15 is 0 Å². The van der Waals surface area contributed by atoms with E-state index in [2.05, 4.69) is 19.2 Å². The second-order valence-electron chi connectivity index (χ2n) is 5.61.